The molecule has 0 spiro atoms. The van der Waals surface area contributed by atoms with Gasteiger partial charge in [0.15, 0.2) is 5.69 Å². The molecule has 100 valence electrons. The number of hydrogen-bond acceptors (Lipinski definition) is 4. The minimum Gasteiger partial charge on any atom is -0.464 e. The van der Waals surface area contributed by atoms with Crippen LogP contribution in [0, 0.1) is 5.92 Å². The predicted molar refractivity (Wildman–Crippen MR) is 77.4 cm³/mol. The molecule has 0 aliphatic carbocycles. The molecule has 4 heteroatoms. The number of methoxy groups -OCH3 is 1. The lowest BCUT2D eigenvalue weighted by Crippen LogP contribution is -2.03. The lowest BCUT2D eigenvalue weighted by Gasteiger charge is -2.06. The molecule has 1 aromatic carbocycles. The van der Waals surface area contributed by atoms with Crippen LogP contribution in [0.1, 0.15) is 29.9 Å². The van der Waals surface area contributed by atoms with Crippen LogP contribution in [0.3, 0.4) is 0 Å². The van der Waals surface area contributed by atoms with Gasteiger partial charge >= 0.3 is 5.97 Å². The first kappa shape index (κ1) is 13.7. The lowest BCUT2D eigenvalue weighted by atomic mass is 10.0. The molecule has 0 unspecified atom stereocenters. The Morgan fingerprint density at radius 3 is 2.58 bits per heavy atom. The molecule has 0 amide bonds. The number of aromatic nitrogens is 1. The standard InChI is InChI=1S/C15H17NO2S/c1-10(2)8-11-4-6-12(7-5-11)14-13(15(17)18-3)16-9-19-14/h4-7,9-10H,8H2,1-3H3. The lowest BCUT2D eigenvalue weighted by molar-refractivity contribution is 0.0596. The number of thiazole rings is 1. The Hall–Kier alpha value is -1.68. The summed E-state index contributed by atoms with van der Waals surface area (Å²) in [6.07, 6.45) is 1.06. The van der Waals surface area contributed by atoms with Crippen molar-refractivity contribution < 1.29 is 9.53 Å². The van der Waals surface area contributed by atoms with Gasteiger partial charge in [0.1, 0.15) is 0 Å². The fourth-order valence-corrected chi connectivity index (χ4v) is 2.74. The Labute approximate surface area is 117 Å². The van der Waals surface area contributed by atoms with Crippen molar-refractivity contribution in [3.05, 3.63) is 41.0 Å². The largest absolute Gasteiger partial charge is 0.464 e. The third kappa shape index (κ3) is 3.20. The van der Waals surface area contributed by atoms with E-state index in [1.165, 1.54) is 24.0 Å². The fraction of sp³-hybridized carbons (Fsp3) is 0.333. The van der Waals surface area contributed by atoms with Crippen LogP contribution in [0.25, 0.3) is 10.4 Å². The summed E-state index contributed by atoms with van der Waals surface area (Å²) in [6.45, 7) is 4.40. The van der Waals surface area contributed by atoms with Crippen LogP contribution in [0.15, 0.2) is 29.8 Å². The minimum absolute atomic E-state index is 0.387. The van der Waals surface area contributed by atoms with Crippen LogP contribution in [-0.4, -0.2) is 18.1 Å². The molecule has 2 rings (SSSR count). The molecule has 0 fully saturated rings. The van der Waals surface area contributed by atoms with Crippen molar-refractivity contribution >= 4 is 17.3 Å². The minimum atomic E-state index is -0.387. The fourth-order valence-electron chi connectivity index (χ4n) is 1.96. The van der Waals surface area contributed by atoms with Gasteiger partial charge in [-0.1, -0.05) is 38.1 Å². The second-order valence-electron chi connectivity index (χ2n) is 4.82. The summed E-state index contributed by atoms with van der Waals surface area (Å²) in [5, 5.41) is 0. The quantitative estimate of drug-likeness (QED) is 0.797. The molecular formula is C15H17NO2S. The van der Waals surface area contributed by atoms with Crippen molar-refractivity contribution in [1.29, 1.82) is 0 Å². The topological polar surface area (TPSA) is 39.2 Å². The molecule has 0 aliphatic heterocycles. The number of carbonyl (C=O) groups excluding carboxylic acids is 1. The summed E-state index contributed by atoms with van der Waals surface area (Å²) in [6, 6.07) is 8.29. The summed E-state index contributed by atoms with van der Waals surface area (Å²) in [4.78, 5) is 16.5. The van der Waals surface area contributed by atoms with Crippen molar-refractivity contribution in [1.82, 2.24) is 4.98 Å². The molecule has 0 saturated carbocycles. The van der Waals surface area contributed by atoms with Gasteiger partial charge in [-0.3, -0.25) is 0 Å². The van der Waals surface area contributed by atoms with E-state index in [-0.39, 0.29) is 5.97 Å². The van der Waals surface area contributed by atoms with Gasteiger partial charge in [-0.05, 0) is 23.5 Å². The first-order valence-electron chi connectivity index (χ1n) is 6.23. The number of rotatable bonds is 4. The highest BCUT2D eigenvalue weighted by Crippen LogP contribution is 2.28. The molecule has 0 N–H and O–H groups in total. The van der Waals surface area contributed by atoms with E-state index >= 15 is 0 Å². The van der Waals surface area contributed by atoms with E-state index in [1.54, 1.807) is 5.51 Å². The van der Waals surface area contributed by atoms with Crippen molar-refractivity contribution in [2.45, 2.75) is 20.3 Å². The zero-order valence-electron chi connectivity index (χ0n) is 11.3. The number of esters is 1. The Morgan fingerprint density at radius 1 is 1.32 bits per heavy atom. The van der Waals surface area contributed by atoms with Gasteiger partial charge in [-0.15, -0.1) is 11.3 Å². The molecule has 0 radical (unpaired) electrons. The molecular weight excluding hydrogens is 258 g/mol. The normalized spacial score (nSPS) is 10.7. The first-order valence-corrected chi connectivity index (χ1v) is 7.11. The summed E-state index contributed by atoms with van der Waals surface area (Å²) in [5.74, 6) is 0.252. The maximum atomic E-state index is 11.6. The highest BCUT2D eigenvalue weighted by atomic mass is 32.1. The van der Waals surface area contributed by atoms with Gasteiger partial charge in [0, 0.05) is 0 Å². The van der Waals surface area contributed by atoms with Crippen LogP contribution in [0.5, 0.6) is 0 Å². The second kappa shape index (κ2) is 5.97. The molecule has 2 aromatic rings. The summed E-state index contributed by atoms with van der Waals surface area (Å²) in [5.41, 5.74) is 4.38. The molecule has 0 bridgehead atoms. The zero-order chi connectivity index (χ0) is 13.8. The zero-order valence-corrected chi connectivity index (χ0v) is 12.2. The molecule has 0 saturated heterocycles. The SMILES string of the molecule is COC(=O)c1ncsc1-c1ccc(CC(C)C)cc1. The van der Waals surface area contributed by atoms with Gasteiger partial charge in [-0.25, -0.2) is 9.78 Å². The third-order valence-corrected chi connectivity index (χ3v) is 3.68. The maximum Gasteiger partial charge on any atom is 0.358 e. The van der Waals surface area contributed by atoms with E-state index in [1.807, 2.05) is 12.1 Å². The number of ether oxygens (including phenoxy) is 1. The summed E-state index contributed by atoms with van der Waals surface area (Å²) < 4.78 is 4.74. The van der Waals surface area contributed by atoms with Crippen LogP contribution in [0.2, 0.25) is 0 Å². The maximum absolute atomic E-state index is 11.6. The number of hydrogen-bond donors (Lipinski definition) is 0. The molecule has 19 heavy (non-hydrogen) atoms. The van der Waals surface area contributed by atoms with Crippen LogP contribution < -0.4 is 0 Å². The van der Waals surface area contributed by atoms with E-state index in [0.29, 0.717) is 11.6 Å². The number of carbonyl (C=O) groups is 1. The van der Waals surface area contributed by atoms with Gasteiger partial charge < -0.3 is 4.74 Å². The smallest absolute Gasteiger partial charge is 0.358 e. The van der Waals surface area contributed by atoms with Gasteiger partial charge in [0.2, 0.25) is 0 Å². The summed E-state index contributed by atoms with van der Waals surface area (Å²) in [7, 11) is 1.37. The highest BCUT2D eigenvalue weighted by Gasteiger charge is 2.16. The highest BCUT2D eigenvalue weighted by molar-refractivity contribution is 7.13. The van der Waals surface area contributed by atoms with Crippen LogP contribution >= 0.6 is 11.3 Å². The third-order valence-electron chi connectivity index (χ3n) is 2.81. The van der Waals surface area contributed by atoms with Crippen molar-refractivity contribution in [3.8, 4) is 10.4 Å². The molecule has 3 nitrogen and oxygen atoms in total. The molecule has 1 heterocycles. The monoisotopic (exact) mass is 275 g/mol. The predicted octanol–water partition coefficient (Wildman–Crippen LogP) is 3.80. The number of benzene rings is 1. The first-order chi connectivity index (χ1) is 9.11. The molecule has 0 atom stereocenters. The van der Waals surface area contributed by atoms with E-state index in [4.69, 9.17) is 4.74 Å². The van der Waals surface area contributed by atoms with Crippen molar-refractivity contribution in [2.75, 3.05) is 7.11 Å². The molecule has 1 aromatic heterocycles. The van der Waals surface area contributed by atoms with Crippen molar-refractivity contribution in [2.24, 2.45) is 5.92 Å². The molecule has 0 aliphatic rings. The van der Waals surface area contributed by atoms with Gasteiger partial charge in [-0.2, -0.15) is 0 Å². The summed E-state index contributed by atoms with van der Waals surface area (Å²) >= 11 is 1.45. The van der Waals surface area contributed by atoms with E-state index < -0.39 is 0 Å². The Bertz CT molecular complexity index is 558. The average Bonchev–Trinajstić information content (AvgIpc) is 2.87. The van der Waals surface area contributed by atoms with E-state index in [9.17, 15) is 4.79 Å². The van der Waals surface area contributed by atoms with E-state index in [2.05, 4.69) is 31.0 Å². The van der Waals surface area contributed by atoms with Gasteiger partial charge in [0.05, 0.1) is 17.5 Å². The average molecular weight is 275 g/mol. The second-order valence-corrected chi connectivity index (χ2v) is 5.67. The Kier molecular flexibility index (Phi) is 4.32. The Morgan fingerprint density at radius 2 is 2.00 bits per heavy atom. The van der Waals surface area contributed by atoms with Crippen LogP contribution in [0.4, 0.5) is 0 Å². The van der Waals surface area contributed by atoms with Crippen molar-refractivity contribution in [3.63, 3.8) is 0 Å². The van der Waals surface area contributed by atoms with Crippen LogP contribution in [-0.2, 0) is 11.2 Å². The van der Waals surface area contributed by atoms with E-state index in [0.717, 1.165) is 16.9 Å². The Balaban J connectivity index is 2.28. The van der Waals surface area contributed by atoms with Gasteiger partial charge in [0.25, 0.3) is 0 Å². The number of nitrogens with zero attached hydrogens (tertiary/aromatic N) is 1.